The molecule has 0 fully saturated rings. The number of hydrogen-bond donors (Lipinski definition) is 1. The number of nitrogens with zero attached hydrogens (tertiary/aromatic N) is 6. The van der Waals surface area contributed by atoms with Crippen molar-refractivity contribution in [1.29, 1.82) is 5.26 Å². The van der Waals surface area contributed by atoms with Gasteiger partial charge in [-0.25, -0.2) is 9.97 Å². The largest absolute Gasteiger partial charge is 0.441 e. The molecule has 1 unspecified atom stereocenters. The first kappa shape index (κ1) is 26.6. The van der Waals surface area contributed by atoms with Gasteiger partial charge in [0.25, 0.3) is 5.56 Å². The molecule has 4 rings (SSSR count). The second-order valence-corrected chi connectivity index (χ2v) is 8.61. The SMILES string of the molecule is CCCC(=O)OC(CCC)n1c(-c2cnn(Cc3cccc(C(F)(F)F)c3)c2)nc2c(=O)[nH]c(C#N)nc21. The minimum Gasteiger partial charge on any atom is -0.441 e. The summed E-state index contributed by atoms with van der Waals surface area (Å²) in [6.07, 6.45) is -0.568. The summed E-state index contributed by atoms with van der Waals surface area (Å²) in [4.78, 5) is 36.1. The Morgan fingerprint density at radius 2 is 2.03 bits per heavy atom. The van der Waals surface area contributed by atoms with Crippen molar-refractivity contribution in [2.75, 3.05) is 0 Å². The third-order valence-corrected chi connectivity index (χ3v) is 5.69. The Morgan fingerprint density at radius 3 is 2.71 bits per heavy atom. The number of fused-ring (bicyclic) bond motifs is 1. The lowest BCUT2D eigenvalue weighted by Crippen LogP contribution is -2.19. The van der Waals surface area contributed by atoms with Gasteiger partial charge in [-0.3, -0.25) is 23.8 Å². The number of aromatic nitrogens is 6. The molecule has 1 aromatic carbocycles. The highest BCUT2D eigenvalue weighted by molar-refractivity contribution is 5.77. The Bertz CT molecular complexity index is 1560. The van der Waals surface area contributed by atoms with Gasteiger partial charge in [-0.05, 0) is 24.1 Å². The van der Waals surface area contributed by atoms with Gasteiger partial charge in [-0.1, -0.05) is 32.4 Å². The van der Waals surface area contributed by atoms with E-state index in [2.05, 4.69) is 20.1 Å². The van der Waals surface area contributed by atoms with Crippen LogP contribution in [-0.4, -0.2) is 35.3 Å². The summed E-state index contributed by atoms with van der Waals surface area (Å²) < 4.78 is 48.0. The van der Waals surface area contributed by atoms with Crippen LogP contribution in [0.1, 0.15) is 62.7 Å². The number of carbonyl (C=O) groups excluding carboxylic acids is 1. The van der Waals surface area contributed by atoms with Crippen LogP contribution in [0.15, 0.2) is 41.5 Å². The normalized spacial score (nSPS) is 12.4. The van der Waals surface area contributed by atoms with Crippen LogP contribution in [0.4, 0.5) is 13.2 Å². The molecule has 3 aromatic heterocycles. The summed E-state index contributed by atoms with van der Waals surface area (Å²) in [5, 5.41) is 13.6. The number of aromatic amines is 1. The zero-order valence-electron chi connectivity index (χ0n) is 20.6. The van der Waals surface area contributed by atoms with Crippen LogP contribution in [0.5, 0.6) is 0 Å². The van der Waals surface area contributed by atoms with Crippen molar-refractivity contribution >= 4 is 17.1 Å². The monoisotopic (exact) mass is 527 g/mol. The summed E-state index contributed by atoms with van der Waals surface area (Å²) in [6.45, 7) is 3.78. The molecule has 0 spiro atoms. The fourth-order valence-electron chi connectivity index (χ4n) is 4.01. The maximum Gasteiger partial charge on any atom is 0.416 e. The average molecular weight is 528 g/mol. The fraction of sp³-hybridized carbons (Fsp3) is 0.360. The van der Waals surface area contributed by atoms with E-state index in [-0.39, 0.29) is 35.8 Å². The zero-order chi connectivity index (χ0) is 27.4. The Hall–Kier alpha value is -4.47. The van der Waals surface area contributed by atoms with Gasteiger partial charge in [0.05, 0.1) is 23.9 Å². The Balaban J connectivity index is 1.80. The van der Waals surface area contributed by atoms with Crippen molar-refractivity contribution < 1.29 is 22.7 Å². The maximum atomic E-state index is 13.1. The lowest BCUT2D eigenvalue weighted by molar-refractivity contribution is -0.154. The number of benzene rings is 1. The number of H-pyrrole nitrogens is 1. The highest BCUT2D eigenvalue weighted by Gasteiger charge is 2.30. The number of carbonyl (C=O) groups is 1. The third kappa shape index (κ3) is 5.59. The first-order chi connectivity index (χ1) is 18.1. The minimum atomic E-state index is -4.47. The standard InChI is InChI=1S/C25H24F3N7O3/c1-3-6-19(38-20(36)7-4-2)35-22(33-21-23(35)31-18(11-29)32-24(21)37)16-12-30-34(14-16)13-15-8-5-9-17(10-15)25(26,27)28/h5,8-10,12,14,19H,3-4,6-7,13H2,1-2H3,(H,31,32,37). The third-order valence-electron chi connectivity index (χ3n) is 5.69. The van der Waals surface area contributed by atoms with Crippen molar-refractivity contribution in [3.05, 3.63) is 64.0 Å². The smallest absolute Gasteiger partial charge is 0.416 e. The van der Waals surface area contributed by atoms with E-state index in [4.69, 9.17) is 4.74 Å². The number of ether oxygens (including phenoxy) is 1. The lowest BCUT2D eigenvalue weighted by Gasteiger charge is -2.21. The van der Waals surface area contributed by atoms with Crippen molar-refractivity contribution in [3.8, 4) is 17.5 Å². The molecule has 0 bridgehead atoms. The zero-order valence-corrected chi connectivity index (χ0v) is 20.6. The van der Waals surface area contributed by atoms with E-state index in [1.807, 2.05) is 13.8 Å². The minimum absolute atomic E-state index is 0.0471. The first-order valence-corrected chi connectivity index (χ1v) is 11.9. The van der Waals surface area contributed by atoms with Crippen molar-refractivity contribution in [2.45, 2.75) is 58.5 Å². The van der Waals surface area contributed by atoms with Crippen molar-refractivity contribution in [1.82, 2.24) is 29.3 Å². The number of hydrogen-bond acceptors (Lipinski definition) is 7. The molecule has 38 heavy (non-hydrogen) atoms. The number of imidazole rings is 1. The molecule has 0 aliphatic carbocycles. The Kier molecular flexibility index (Phi) is 7.61. The average Bonchev–Trinajstić information content (AvgIpc) is 3.48. The van der Waals surface area contributed by atoms with Gasteiger partial charge in [0.2, 0.25) is 5.82 Å². The molecule has 4 aromatic rings. The summed E-state index contributed by atoms with van der Waals surface area (Å²) >= 11 is 0. The van der Waals surface area contributed by atoms with Gasteiger partial charge < -0.3 is 4.74 Å². The molecular formula is C25H24F3N7O3. The molecule has 0 saturated carbocycles. The molecule has 3 heterocycles. The van der Waals surface area contributed by atoms with Gasteiger partial charge in [0.1, 0.15) is 11.9 Å². The van der Waals surface area contributed by atoms with Gasteiger partial charge in [-0.2, -0.15) is 23.5 Å². The van der Waals surface area contributed by atoms with Crippen molar-refractivity contribution in [2.24, 2.45) is 0 Å². The van der Waals surface area contributed by atoms with E-state index < -0.39 is 29.5 Å². The van der Waals surface area contributed by atoms with Gasteiger partial charge in [-0.15, -0.1) is 0 Å². The van der Waals surface area contributed by atoms with E-state index >= 15 is 0 Å². The molecule has 13 heteroatoms. The van der Waals surface area contributed by atoms with Gasteiger partial charge >= 0.3 is 12.1 Å². The second-order valence-electron chi connectivity index (χ2n) is 8.61. The molecule has 0 amide bonds. The molecule has 10 nitrogen and oxygen atoms in total. The molecule has 0 aliphatic rings. The highest BCUT2D eigenvalue weighted by Crippen LogP contribution is 2.31. The summed E-state index contributed by atoms with van der Waals surface area (Å²) in [6, 6.07) is 6.73. The number of nitriles is 1. The summed E-state index contributed by atoms with van der Waals surface area (Å²) in [5.74, 6) is -0.457. The number of rotatable bonds is 9. The number of nitrogens with one attached hydrogen (secondary N) is 1. The van der Waals surface area contributed by atoms with Crippen LogP contribution < -0.4 is 5.56 Å². The summed E-state index contributed by atoms with van der Waals surface area (Å²) in [5.41, 5.74) is -0.597. The Morgan fingerprint density at radius 1 is 1.24 bits per heavy atom. The van der Waals surface area contributed by atoms with E-state index in [1.54, 1.807) is 18.3 Å². The fourth-order valence-corrected chi connectivity index (χ4v) is 4.01. The molecule has 198 valence electrons. The molecule has 0 aliphatic heterocycles. The van der Waals surface area contributed by atoms with Crippen LogP contribution in [0.2, 0.25) is 0 Å². The van der Waals surface area contributed by atoms with Crippen LogP contribution in [0, 0.1) is 11.3 Å². The van der Waals surface area contributed by atoms with Crippen LogP contribution >= 0.6 is 0 Å². The van der Waals surface area contributed by atoms with Gasteiger partial charge in [0, 0.05) is 19.0 Å². The number of esters is 1. The molecule has 1 N–H and O–H groups in total. The van der Waals surface area contributed by atoms with E-state index in [1.165, 1.54) is 21.5 Å². The van der Waals surface area contributed by atoms with Crippen LogP contribution in [-0.2, 0) is 22.3 Å². The van der Waals surface area contributed by atoms with E-state index in [9.17, 15) is 28.0 Å². The molecule has 0 radical (unpaired) electrons. The highest BCUT2D eigenvalue weighted by atomic mass is 19.4. The van der Waals surface area contributed by atoms with Gasteiger partial charge in [0.15, 0.2) is 17.4 Å². The predicted molar refractivity (Wildman–Crippen MR) is 130 cm³/mol. The summed E-state index contributed by atoms with van der Waals surface area (Å²) in [7, 11) is 0. The van der Waals surface area contributed by atoms with E-state index in [0.717, 1.165) is 12.1 Å². The van der Waals surface area contributed by atoms with E-state index in [0.29, 0.717) is 30.4 Å². The second kappa shape index (κ2) is 10.9. The van der Waals surface area contributed by atoms with Crippen LogP contribution in [0.25, 0.3) is 22.6 Å². The maximum absolute atomic E-state index is 13.1. The number of alkyl halides is 3. The topological polar surface area (TPSA) is 131 Å². The first-order valence-electron chi connectivity index (χ1n) is 11.9. The predicted octanol–water partition coefficient (Wildman–Crippen LogP) is 4.56. The van der Waals surface area contributed by atoms with Crippen LogP contribution in [0.3, 0.4) is 0 Å². The molecular weight excluding hydrogens is 503 g/mol. The number of halogens is 3. The van der Waals surface area contributed by atoms with Crippen molar-refractivity contribution in [3.63, 3.8) is 0 Å². The Labute approximate surface area is 214 Å². The lowest BCUT2D eigenvalue weighted by atomic mass is 10.1. The molecule has 0 saturated heterocycles. The quantitative estimate of drug-likeness (QED) is 0.316. The molecule has 1 atom stereocenters.